The monoisotopic (exact) mass is 572 g/mol. The average molecular weight is 573 g/mol. The van der Waals surface area contributed by atoms with Gasteiger partial charge >= 0.3 is 0 Å². The lowest BCUT2D eigenvalue weighted by molar-refractivity contribution is -0.0378. The minimum Gasteiger partial charge on any atom is -0.394 e. The van der Waals surface area contributed by atoms with Crippen LogP contribution in [-0.2, 0) is 52.1 Å². The van der Waals surface area contributed by atoms with E-state index >= 15 is 0 Å². The van der Waals surface area contributed by atoms with E-state index in [1.54, 1.807) is 6.08 Å². The molecule has 0 rings (SSSR count). The molecule has 13 heteroatoms. The van der Waals surface area contributed by atoms with Gasteiger partial charge in [-0.1, -0.05) is 6.08 Å². The largest absolute Gasteiger partial charge is 0.394 e. The number of hydrogen-bond acceptors (Lipinski definition) is 13. The summed E-state index contributed by atoms with van der Waals surface area (Å²) in [6.07, 6.45) is 0.979. The van der Waals surface area contributed by atoms with Crippen LogP contribution in [0.3, 0.4) is 0 Å². The van der Waals surface area contributed by atoms with E-state index in [0.717, 1.165) is 0 Å². The fourth-order valence-electron chi connectivity index (χ4n) is 2.60. The first kappa shape index (κ1) is 38.2. The number of aliphatic hydroxyl groups excluding tert-OH is 2. The maximum absolute atomic E-state index is 9.60. The predicted octanol–water partition coefficient (Wildman–Crippen LogP) is -0.292. The summed E-state index contributed by atoms with van der Waals surface area (Å²) in [6.45, 7) is 13.4. The molecule has 0 radical (unpaired) electrons. The van der Waals surface area contributed by atoms with E-state index in [1.165, 1.54) is 0 Å². The molecule has 0 aliphatic carbocycles. The van der Waals surface area contributed by atoms with Crippen LogP contribution in [0.25, 0.3) is 0 Å². The zero-order chi connectivity index (χ0) is 28.3. The lowest BCUT2D eigenvalue weighted by Crippen LogP contribution is -2.23. The summed E-state index contributed by atoms with van der Waals surface area (Å²) in [5.74, 6) is 0. The number of aliphatic hydroxyl groups is 2. The zero-order valence-electron chi connectivity index (χ0n) is 23.5. The summed E-state index contributed by atoms with van der Waals surface area (Å²) in [6, 6.07) is 0. The van der Waals surface area contributed by atoms with Crippen LogP contribution in [0.2, 0.25) is 0 Å². The lowest BCUT2D eigenvalue weighted by atomic mass is 10.4. The Bertz CT molecular complexity index is 460. The zero-order valence-corrected chi connectivity index (χ0v) is 23.5. The molecule has 0 aliphatic rings. The van der Waals surface area contributed by atoms with Gasteiger partial charge in [0.1, 0.15) is 6.10 Å². The van der Waals surface area contributed by atoms with Gasteiger partial charge in [-0.15, -0.1) is 6.58 Å². The van der Waals surface area contributed by atoms with Crippen LogP contribution in [0.4, 0.5) is 0 Å². The molecule has 0 heterocycles. The molecule has 0 saturated carbocycles. The van der Waals surface area contributed by atoms with Gasteiger partial charge in [0, 0.05) is 0 Å². The minimum atomic E-state index is -0.650. The van der Waals surface area contributed by atoms with Gasteiger partial charge in [0.15, 0.2) is 0 Å². The van der Waals surface area contributed by atoms with Gasteiger partial charge in [-0.25, -0.2) is 0 Å². The van der Waals surface area contributed by atoms with Gasteiger partial charge in [-0.3, -0.25) is 0 Å². The van der Waals surface area contributed by atoms with Crippen molar-refractivity contribution in [2.75, 3.05) is 152 Å². The summed E-state index contributed by atoms with van der Waals surface area (Å²) >= 11 is 0. The maximum atomic E-state index is 9.60. The van der Waals surface area contributed by atoms with Crippen molar-refractivity contribution in [3.8, 4) is 0 Å². The highest BCUT2D eigenvalue weighted by molar-refractivity contribution is 4.64. The van der Waals surface area contributed by atoms with Crippen LogP contribution < -0.4 is 0 Å². The average Bonchev–Trinajstić information content (AvgIpc) is 2.94. The first-order valence-corrected chi connectivity index (χ1v) is 13.6. The Morgan fingerprint density at radius 2 is 0.667 bits per heavy atom. The quantitative estimate of drug-likeness (QED) is 0.0759. The van der Waals surface area contributed by atoms with Crippen LogP contribution >= 0.6 is 0 Å². The van der Waals surface area contributed by atoms with E-state index < -0.39 is 6.10 Å². The van der Waals surface area contributed by atoms with Crippen molar-refractivity contribution >= 4 is 0 Å². The molecule has 1 unspecified atom stereocenters. The normalized spacial score (nSPS) is 12.3. The molecule has 0 amide bonds. The lowest BCUT2D eigenvalue weighted by Gasteiger charge is -2.11. The van der Waals surface area contributed by atoms with Gasteiger partial charge in [0.25, 0.3) is 0 Å². The fraction of sp³-hybridized carbons (Fsp3) is 0.923. The topological polar surface area (TPSA) is 142 Å². The Balaban J connectivity index is 3.06. The van der Waals surface area contributed by atoms with Crippen molar-refractivity contribution in [2.24, 2.45) is 0 Å². The second kappa shape index (κ2) is 35.2. The summed E-state index contributed by atoms with van der Waals surface area (Å²) in [4.78, 5) is 0. The van der Waals surface area contributed by atoms with Gasteiger partial charge < -0.3 is 62.3 Å². The standard InChI is InChI=1S/C26H52O13/c1-2-4-38-24-26(28)25-39-23-22-37-21-20-36-19-18-35-17-16-34-15-14-33-13-12-32-11-10-31-9-8-30-7-6-29-5-3-27/h2,26-28H,1,3-25H2. The molecule has 234 valence electrons. The third kappa shape index (κ3) is 35.2. The van der Waals surface area contributed by atoms with Crippen molar-refractivity contribution in [3.63, 3.8) is 0 Å². The SMILES string of the molecule is C=CCOCC(O)COCCOCCOCCOCCOCCOCCOCCOCCOCCOCCO. The molecule has 0 aromatic carbocycles. The van der Waals surface area contributed by atoms with Crippen molar-refractivity contribution in [2.45, 2.75) is 6.10 Å². The van der Waals surface area contributed by atoms with Crippen molar-refractivity contribution in [3.05, 3.63) is 12.7 Å². The predicted molar refractivity (Wildman–Crippen MR) is 142 cm³/mol. The highest BCUT2D eigenvalue weighted by Crippen LogP contribution is 1.90. The van der Waals surface area contributed by atoms with Gasteiger partial charge in [-0.2, -0.15) is 0 Å². The van der Waals surface area contributed by atoms with Crippen LogP contribution in [0.1, 0.15) is 0 Å². The van der Waals surface area contributed by atoms with Crippen molar-refractivity contribution in [1.29, 1.82) is 0 Å². The number of rotatable bonds is 35. The van der Waals surface area contributed by atoms with E-state index in [4.69, 9.17) is 57.2 Å². The second-order valence-electron chi connectivity index (χ2n) is 7.79. The number of hydrogen-bond donors (Lipinski definition) is 2. The molecule has 0 aliphatic heterocycles. The molecule has 1 atom stereocenters. The molecule has 0 bridgehead atoms. The Morgan fingerprint density at radius 1 is 0.410 bits per heavy atom. The highest BCUT2D eigenvalue weighted by Gasteiger charge is 2.03. The summed E-state index contributed by atoms with van der Waals surface area (Å²) < 4.78 is 58.8. The van der Waals surface area contributed by atoms with Crippen LogP contribution in [0.5, 0.6) is 0 Å². The van der Waals surface area contributed by atoms with Crippen molar-refractivity contribution < 1.29 is 62.3 Å². The van der Waals surface area contributed by atoms with E-state index in [2.05, 4.69) is 6.58 Å². The van der Waals surface area contributed by atoms with E-state index in [1.807, 2.05) is 0 Å². The molecule has 2 N–H and O–H groups in total. The Hall–Kier alpha value is -0.780. The van der Waals surface area contributed by atoms with Crippen molar-refractivity contribution in [1.82, 2.24) is 0 Å². The minimum absolute atomic E-state index is 0.0234. The molecule has 39 heavy (non-hydrogen) atoms. The fourth-order valence-corrected chi connectivity index (χ4v) is 2.60. The Kier molecular flexibility index (Phi) is 34.5. The second-order valence-corrected chi connectivity index (χ2v) is 7.79. The first-order chi connectivity index (χ1) is 19.3. The summed E-state index contributed by atoms with van der Waals surface area (Å²) in [5.41, 5.74) is 0. The highest BCUT2D eigenvalue weighted by atomic mass is 16.6. The van der Waals surface area contributed by atoms with Gasteiger partial charge in [0.2, 0.25) is 0 Å². The van der Waals surface area contributed by atoms with Crippen LogP contribution in [-0.4, -0.2) is 168 Å². The molecule has 0 spiro atoms. The van der Waals surface area contributed by atoms with E-state index in [0.29, 0.717) is 132 Å². The molecule has 0 fully saturated rings. The van der Waals surface area contributed by atoms with Gasteiger partial charge in [0.05, 0.1) is 152 Å². The first-order valence-electron chi connectivity index (χ1n) is 13.6. The summed E-state index contributed by atoms with van der Waals surface area (Å²) in [7, 11) is 0. The maximum Gasteiger partial charge on any atom is 0.101 e. The van der Waals surface area contributed by atoms with Crippen LogP contribution in [0, 0.1) is 0 Å². The molecule has 0 saturated heterocycles. The summed E-state index contributed by atoms with van der Waals surface area (Å²) in [5, 5.41) is 18.2. The Labute approximate surface area is 233 Å². The molecule has 0 aromatic heterocycles. The molecular weight excluding hydrogens is 520 g/mol. The molecule has 0 aromatic rings. The third-order valence-electron chi connectivity index (χ3n) is 4.44. The number of ether oxygens (including phenoxy) is 11. The van der Waals surface area contributed by atoms with Gasteiger partial charge in [-0.05, 0) is 0 Å². The molecular formula is C26H52O13. The van der Waals surface area contributed by atoms with Crippen LogP contribution in [0.15, 0.2) is 12.7 Å². The smallest absolute Gasteiger partial charge is 0.101 e. The Morgan fingerprint density at radius 3 is 0.949 bits per heavy atom. The van der Waals surface area contributed by atoms with E-state index in [9.17, 15) is 5.11 Å². The molecule has 13 nitrogen and oxygen atoms in total. The third-order valence-corrected chi connectivity index (χ3v) is 4.44. The van der Waals surface area contributed by atoms with E-state index in [-0.39, 0.29) is 19.8 Å².